The number of carbonyl (C=O) groups excluding carboxylic acids is 1. The maximum absolute atomic E-state index is 13.8. The first kappa shape index (κ1) is 18.8. The summed E-state index contributed by atoms with van der Waals surface area (Å²) >= 11 is 6.08. The van der Waals surface area contributed by atoms with Crippen molar-refractivity contribution in [2.24, 2.45) is 0 Å². The van der Waals surface area contributed by atoms with Crippen LogP contribution in [-0.4, -0.2) is 22.3 Å². The third-order valence-electron chi connectivity index (χ3n) is 5.89. The Kier molecular flexibility index (Phi) is 4.76. The van der Waals surface area contributed by atoms with Crippen LogP contribution in [-0.2, 0) is 13.0 Å². The fraction of sp³-hybridized carbons (Fsp3) is 0.154. The maximum atomic E-state index is 13.8. The van der Waals surface area contributed by atoms with Gasteiger partial charge in [-0.15, -0.1) is 0 Å². The molecule has 0 aliphatic carbocycles. The average Bonchev–Trinajstić information content (AvgIpc) is 2.78. The van der Waals surface area contributed by atoms with Crippen LogP contribution in [0.4, 0.5) is 0 Å². The highest BCUT2D eigenvalue weighted by molar-refractivity contribution is 6.30. The maximum Gasteiger partial charge on any atom is 0.255 e. The lowest BCUT2D eigenvalue weighted by atomic mass is 9.95. The zero-order chi connectivity index (χ0) is 20.7. The highest BCUT2D eigenvalue weighted by Gasteiger charge is 2.26. The summed E-state index contributed by atoms with van der Waals surface area (Å²) in [4.78, 5) is 20.6. The molecule has 3 nitrogen and oxygen atoms in total. The Morgan fingerprint density at radius 2 is 1.63 bits per heavy atom. The number of hydrogen-bond donors (Lipinski definition) is 0. The number of para-hydroxylation sites is 1. The SMILES string of the molecule is Cc1c(-c2ccc(Cl)cc2)nc2ccccc2c1C(=O)N1CCc2ccccc2C1. The number of fused-ring (bicyclic) bond motifs is 2. The summed E-state index contributed by atoms with van der Waals surface area (Å²) in [5, 5.41) is 1.58. The van der Waals surface area contributed by atoms with Gasteiger partial charge in [-0.3, -0.25) is 4.79 Å². The molecule has 148 valence electrons. The summed E-state index contributed by atoms with van der Waals surface area (Å²) in [5.74, 6) is 0.0656. The molecule has 0 saturated carbocycles. The number of pyridine rings is 1. The van der Waals surface area contributed by atoms with Gasteiger partial charge in [-0.25, -0.2) is 4.98 Å². The van der Waals surface area contributed by atoms with E-state index in [1.165, 1.54) is 11.1 Å². The summed E-state index contributed by atoms with van der Waals surface area (Å²) < 4.78 is 0. The molecule has 5 rings (SSSR count). The van der Waals surface area contributed by atoms with Crippen molar-refractivity contribution in [3.05, 3.63) is 100 Å². The minimum Gasteiger partial charge on any atom is -0.334 e. The number of hydrogen-bond acceptors (Lipinski definition) is 2. The van der Waals surface area contributed by atoms with Crippen LogP contribution in [0.3, 0.4) is 0 Å². The van der Waals surface area contributed by atoms with Gasteiger partial charge in [0.25, 0.3) is 5.91 Å². The van der Waals surface area contributed by atoms with E-state index in [-0.39, 0.29) is 5.91 Å². The van der Waals surface area contributed by atoms with E-state index >= 15 is 0 Å². The Labute approximate surface area is 180 Å². The van der Waals surface area contributed by atoms with E-state index in [1.807, 2.05) is 66.4 Å². The van der Waals surface area contributed by atoms with Gasteiger partial charge in [-0.1, -0.05) is 66.2 Å². The summed E-state index contributed by atoms with van der Waals surface area (Å²) in [6.45, 7) is 3.36. The summed E-state index contributed by atoms with van der Waals surface area (Å²) in [6, 6.07) is 23.9. The van der Waals surface area contributed by atoms with Crippen LogP contribution in [0.2, 0.25) is 5.02 Å². The van der Waals surface area contributed by atoms with Crippen molar-refractivity contribution in [3.8, 4) is 11.3 Å². The number of nitrogens with zero attached hydrogens (tertiary/aromatic N) is 2. The van der Waals surface area contributed by atoms with Crippen molar-refractivity contribution in [3.63, 3.8) is 0 Å². The molecule has 2 heterocycles. The van der Waals surface area contributed by atoms with Crippen molar-refractivity contribution in [2.45, 2.75) is 19.9 Å². The summed E-state index contributed by atoms with van der Waals surface area (Å²) in [5.41, 5.74) is 6.82. The quantitative estimate of drug-likeness (QED) is 0.400. The third-order valence-corrected chi connectivity index (χ3v) is 6.14. The van der Waals surface area contributed by atoms with Gasteiger partial charge in [0.2, 0.25) is 0 Å². The molecule has 0 saturated heterocycles. The smallest absolute Gasteiger partial charge is 0.255 e. The van der Waals surface area contributed by atoms with Gasteiger partial charge in [0.1, 0.15) is 0 Å². The fourth-order valence-corrected chi connectivity index (χ4v) is 4.42. The largest absolute Gasteiger partial charge is 0.334 e. The van der Waals surface area contributed by atoms with Gasteiger partial charge >= 0.3 is 0 Å². The van der Waals surface area contributed by atoms with Crippen LogP contribution in [0.5, 0.6) is 0 Å². The normalized spacial score (nSPS) is 13.3. The van der Waals surface area contributed by atoms with Crippen molar-refractivity contribution >= 4 is 28.4 Å². The first-order chi connectivity index (χ1) is 14.6. The monoisotopic (exact) mass is 412 g/mol. The van der Waals surface area contributed by atoms with Crippen molar-refractivity contribution < 1.29 is 4.79 Å². The number of halogens is 1. The lowest BCUT2D eigenvalue weighted by Gasteiger charge is -2.30. The predicted molar refractivity (Wildman–Crippen MR) is 122 cm³/mol. The Morgan fingerprint density at radius 3 is 2.43 bits per heavy atom. The molecule has 4 heteroatoms. The van der Waals surface area contributed by atoms with Gasteiger partial charge in [-0.05, 0) is 48.2 Å². The van der Waals surface area contributed by atoms with E-state index in [1.54, 1.807) is 0 Å². The Balaban J connectivity index is 1.64. The van der Waals surface area contributed by atoms with E-state index in [0.29, 0.717) is 11.6 Å². The molecule has 0 spiro atoms. The molecule has 3 aromatic carbocycles. The van der Waals surface area contributed by atoms with E-state index in [4.69, 9.17) is 16.6 Å². The average molecular weight is 413 g/mol. The van der Waals surface area contributed by atoms with Gasteiger partial charge in [0.05, 0.1) is 16.8 Å². The second-order valence-electron chi connectivity index (χ2n) is 7.73. The molecule has 4 aromatic rings. The van der Waals surface area contributed by atoms with Crippen LogP contribution in [0.15, 0.2) is 72.8 Å². The van der Waals surface area contributed by atoms with Crippen molar-refractivity contribution in [1.82, 2.24) is 9.88 Å². The number of rotatable bonds is 2. The molecule has 0 radical (unpaired) electrons. The molecule has 1 aliphatic heterocycles. The number of amides is 1. The molecule has 30 heavy (non-hydrogen) atoms. The Bertz CT molecular complexity index is 1260. The van der Waals surface area contributed by atoms with Crippen LogP contribution in [0, 0.1) is 6.92 Å². The van der Waals surface area contributed by atoms with E-state index in [0.717, 1.165) is 46.3 Å². The fourth-order valence-electron chi connectivity index (χ4n) is 4.30. The third kappa shape index (κ3) is 3.25. The van der Waals surface area contributed by atoms with Crippen LogP contribution in [0.1, 0.15) is 27.0 Å². The second-order valence-corrected chi connectivity index (χ2v) is 8.17. The molecule has 0 unspecified atom stereocenters. The van der Waals surface area contributed by atoms with E-state index < -0.39 is 0 Å². The second kappa shape index (κ2) is 7.58. The van der Waals surface area contributed by atoms with Gasteiger partial charge < -0.3 is 4.90 Å². The molecule has 1 amide bonds. The first-order valence-corrected chi connectivity index (χ1v) is 10.5. The highest BCUT2D eigenvalue weighted by Crippen LogP contribution is 2.32. The van der Waals surface area contributed by atoms with Gasteiger partial charge in [-0.2, -0.15) is 0 Å². The highest BCUT2D eigenvalue weighted by atomic mass is 35.5. The lowest BCUT2D eigenvalue weighted by Crippen LogP contribution is -2.36. The zero-order valence-electron chi connectivity index (χ0n) is 16.7. The zero-order valence-corrected chi connectivity index (χ0v) is 17.5. The van der Waals surface area contributed by atoms with E-state index in [2.05, 4.69) is 18.2 Å². The minimum atomic E-state index is 0.0656. The molecule has 1 aromatic heterocycles. The molecule has 0 fully saturated rings. The summed E-state index contributed by atoms with van der Waals surface area (Å²) in [6.07, 6.45) is 0.883. The van der Waals surface area contributed by atoms with Crippen LogP contribution < -0.4 is 0 Å². The van der Waals surface area contributed by atoms with Crippen LogP contribution >= 0.6 is 11.6 Å². The summed E-state index contributed by atoms with van der Waals surface area (Å²) in [7, 11) is 0. The minimum absolute atomic E-state index is 0.0656. The molecule has 0 atom stereocenters. The first-order valence-electron chi connectivity index (χ1n) is 10.1. The number of aromatic nitrogens is 1. The Morgan fingerprint density at radius 1 is 0.933 bits per heavy atom. The standard InChI is InChI=1S/C26H21ClN2O/c1-17-24(26(30)29-15-14-18-6-2-3-7-20(18)16-29)22-8-4-5-9-23(22)28-25(17)19-10-12-21(27)13-11-19/h2-13H,14-16H2,1H3. The number of carbonyl (C=O) groups is 1. The molecule has 0 bridgehead atoms. The van der Waals surface area contributed by atoms with Gasteiger partial charge in [0.15, 0.2) is 0 Å². The lowest BCUT2D eigenvalue weighted by molar-refractivity contribution is 0.0736. The molecular formula is C26H21ClN2O. The predicted octanol–water partition coefficient (Wildman–Crippen LogP) is 6.06. The Hall–Kier alpha value is -3.17. The van der Waals surface area contributed by atoms with Crippen molar-refractivity contribution in [1.29, 1.82) is 0 Å². The van der Waals surface area contributed by atoms with Crippen molar-refractivity contribution in [2.75, 3.05) is 6.54 Å². The molecular weight excluding hydrogens is 392 g/mol. The van der Waals surface area contributed by atoms with E-state index in [9.17, 15) is 4.79 Å². The van der Waals surface area contributed by atoms with Gasteiger partial charge in [0, 0.05) is 29.1 Å². The number of benzene rings is 3. The molecule has 0 N–H and O–H groups in total. The van der Waals surface area contributed by atoms with Crippen LogP contribution in [0.25, 0.3) is 22.2 Å². The molecule has 1 aliphatic rings. The topological polar surface area (TPSA) is 33.2 Å².